The van der Waals surface area contributed by atoms with Crippen molar-refractivity contribution in [1.82, 2.24) is 9.55 Å². The van der Waals surface area contributed by atoms with Gasteiger partial charge in [-0.25, -0.2) is 13.4 Å². The molecule has 0 bridgehead atoms. The molecule has 2 heterocycles. The third-order valence-electron chi connectivity index (χ3n) is 5.33. The summed E-state index contributed by atoms with van der Waals surface area (Å²) < 4.78 is 32.5. The summed E-state index contributed by atoms with van der Waals surface area (Å²) in [6.45, 7) is 8.17. The second-order valence-corrected chi connectivity index (χ2v) is 16.7. The van der Waals surface area contributed by atoms with Crippen molar-refractivity contribution in [2.24, 2.45) is 0 Å². The van der Waals surface area contributed by atoms with Gasteiger partial charge in [0.05, 0.1) is 11.9 Å². The Kier molecular flexibility index (Phi) is 6.51. The topological polar surface area (TPSA) is 73.2 Å². The molecule has 0 atom stereocenters. The number of pyridine rings is 1. The molecule has 1 fully saturated rings. The van der Waals surface area contributed by atoms with E-state index in [0.29, 0.717) is 18.5 Å². The Balaban J connectivity index is 1.86. The molecular formula is C20H33N3O3SSi. The molecule has 0 radical (unpaired) electrons. The molecule has 8 heteroatoms. The highest BCUT2D eigenvalue weighted by atomic mass is 32.2. The SMILES string of the molecule is C[Si](C)(C)CCOCn1ccc2c(NC3CCCCC3)c(S(C)(=O)=O)cnc21. The van der Waals surface area contributed by atoms with Gasteiger partial charge < -0.3 is 14.6 Å². The van der Waals surface area contributed by atoms with Crippen molar-refractivity contribution in [1.29, 1.82) is 0 Å². The number of fused-ring (bicyclic) bond motifs is 1. The Labute approximate surface area is 169 Å². The molecule has 1 aliphatic rings. The highest BCUT2D eigenvalue weighted by Crippen LogP contribution is 2.32. The highest BCUT2D eigenvalue weighted by molar-refractivity contribution is 7.90. The zero-order chi connectivity index (χ0) is 20.4. The van der Waals surface area contributed by atoms with Crippen LogP contribution < -0.4 is 5.32 Å². The number of anilines is 1. The van der Waals surface area contributed by atoms with E-state index < -0.39 is 17.9 Å². The lowest BCUT2D eigenvalue weighted by Crippen LogP contribution is -2.23. The fraction of sp³-hybridized carbons (Fsp3) is 0.650. The van der Waals surface area contributed by atoms with Gasteiger partial charge in [-0.15, -0.1) is 0 Å². The van der Waals surface area contributed by atoms with E-state index >= 15 is 0 Å². The Morgan fingerprint density at radius 2 is 1.96 bits per heavy atom. The third-order valence-corrected chi connectivity index (χ3v) is 8.15. The number of hydrogen-bond acceptors (Lipinski definition) is 5. The summed E-state index contributed by atoms with van der Waals surface area (Å²) in [4.78, 5) is 4.74. The van der Waals surface area contributed by atoms with Crippen molar-refractivity contribution < 1.29 is 13.2 Å². The molecular weight excluding hydrogens is 390 g/mol. The highest BCUT2D eigenvalue weighted by Gasteiger charge is 2.22. The maximum Gasteiger partial charge on any atom is 0.179 e. The number of ether oxygens (including phenoxy) is 1. The molecule has 1 saturated carbocycles. The van der Waals surface area contributed by atoms with Gasteiger partial charge in [0, 0.05) is 38.6 Å². The molecule has 0 unspecified atom stereocenters. The van der Waals surface area contributed by atoms with Gasteiger partial charge >= 0.3 is 0 Å². The molecule has 28 heavy (non-hydrogen) atoms. The van der Waals surface area contributed by atoms with E-state index in [1.165, 1.54) is 31.7 Å². The third kappa shape index (κ3) is 5.36. The van der Waals surface area contributed by atoms with Crippen LogP contribution in [0.3, 0.4) is 0 Å². The van der Waals surface area contributed by atoms with Crippen LogP contribution in [0, 0.1) is 0 Å². The van der Waals surface area contributed by atoms with Crippen LogP contribution in [0.1, 0.15) is 32.1 Å². The molecule has 3 rings (SSSR count). The van der Waals surface area contributed by atoms with Gasteiger partial charge in [0.2, 0.25) is 0 Å². The summed E-state index contributed by atoms with van der Waals surface area (Å²) in [7, 11) is -4.49. The van der Waals surface area contributed by atoms with Gasteiger partial charge in [0.1, 0.15) is 17.3 Å². The van der Waals surface area contributed by atoms with Crippen molar-refractivity contribution in [3.63, 3.8) is 0 Å². The first-order valence-corrected chi connectivity index (χ1v) is 15.8. The maximum atomic E-state index is 12.3. The Hall–Kier alpha value is -1.38. The summed E-state index contributed by atoms with van der Waals surface area (Å²) in [6, 6.07) is 3.38. The fourth-order valence-corrected chi connectivity index (χ4v) is 5.19. The monoisotopic (exact) mass is 423 g/mol. The summed E-state index contributed by atoms with van der Waals surface area (Å²) >= 11 is 0. The molecule has 2 aromatic rings. The van der Waals surface area contributed by atoms with E-state index in [-0.39, 0.29) is 4.90 Å². The molecule has 156 valence electrons. The molecule has 0 amide bonds. The Morgan fingerprint density at radius 3 is 2.61 bits per heavy atom. The number of sulfone groups is 1. The fourth-order valence-electron chi connectivity index (χ4n) is 3.65. The first-order chi connectivity index (χ1) is 13.1. The lowest BCUT2D eigenvalue weighted by atomic mass is 9.95. The maximum absolute atomic E-state index is 12.3. The molecule has 6 nitrogen and oxygen atoms in total. The second kappa shape index (κ2) is 8.55. The van der Waals surface area contributed by atoms with Gasteiger partial charge in [-0.1, -0.05) is 38.9 Å². The van der Waals surface area contributed by atoms with Crippen LogP contribution in [0.4, 0.5) is 5.69 Å². The lowest BCUT2D eigenvalue weighted by molar-refractivity contribution is 0.0899. The zero-order valence-electron chi connectivity index (χ0n) is 17.5. The average molecular weight is 424 g/mol. The van der Waals surface area contributed by atoms with Gasteiger partial charge in [-0.2, -0.15) is 0 Å². The molecule has 1 N–H and O–H groups in total. The van der Waals surface area contributed by atoms with Crippen LogP contribution in [0.25, 0.3) is 11.0 Å². The van der Waals surface area contributed by atoms with Gasteiger partial charge in [0.25, 0.3) is 0 Å². The molecule has 1 aliphatic carbocycles. The molecule has 0 spiro atoms. The number of hydrogen-bond donors (Lipinski definition) is 1. The standard InChI is InChI=1S/C20H33N3O3SSi/c1-27(24,25)18-14-21-20-17(19(18)22-16-8-6-5-7-9-16)10-11-23(20)15-26-12-13-28(2,3)4/h10-11,14,16H,5-9,12-13,15H2,1-4H3,(H,21,22). The number of nitrogens with zero attached hydrogens (tertiary/aromatic N) is 2. The van der Waals surface area contributed by atoms with Crippen LogP contribution in [-0.2, 0) is 21.3 Å². The molecule has 0 saturated heterocycles. The zero-order valence-corrected chi connectivity index (χ0v) is 19.3. The Bertz CT molecular complexity index is 913. The number of rotatable bonds is 8. The molecule has 0 aromatic carbocycles. The van der Waals surface area contributed by atoms with Gasteiger partial charge in [0.15, 0.2) is 9.84 Å². The second-order valence-electron chi connectivity index (χ2n) is 9.12. The van der Waals surface area contributed by atoms with Crippen molar-refractivity contribution in [2.45, 2.75) is 75.5 Å². The molecule has 2 aromatic heterocycles. The summed E-state index contributed by atoms with van der Waals surface area (Å²) in [6.07, 6.45) is 10.5. The summed E-state index contributed by atoms with van der Waals surface area (Å²) in [5, 5.41) is 4.38. The first-order valence-electron chi connectivity index (χ1n) is 10.2. The van der Waals surface area contributed by atoms with Crippen molar-refractivity contribution in [3.8, 4) is 0 Å². The van der Waals surface area contributed by atoms with Crippen LogP contribution in [0.2, 0.25) is 25.7 Å². The minimum absolute atomic E-state index is 0.281. The van der Waals surface area contributed by atoms with E-state index in [0.717, 1.165) is 36.5 Å². The normalized spacial score (nSPS) is 16.6. The van der Waals surface area contributed by atoms with Crippen molar-refractivity contribution in [3.05, 3.63) is 18.5 Å². The quantitative estimate of drug-likeness (QED) is 0.500. The van der Waals surface area contributed by atoms with Gasteiger partial charge in [-0.05, 0) is 25.0 Å². The number of aromatic nitrogens is 2. The van der Waals surface area contributed by atoms with Crippen molar-refractivity contribution >= 4 is 34.6 Å². The van der Waals surface area contributed by atoms with E-state index in [4.69, 9.17) is 4.74 Å². The van der Waals surface area contributed by atoms with Crippen LogP contribution in [0.15, 0.2) is 23.4 Å². The first kappa shape index (κ1) is 21.3. The molecule has 0 aliphatic heterocycles. The van der Waals surface area contributed by atoms with Crippen LogP contribution >= 0.6 is 0 Å². The van der Waals surface area contributed by atoms with E-state index in [9.17, 15) is 8.42 Å². The lowest BCUT2D eigenvalue weighted by Gasteiger charge is -2.25. The predicted octanol–water partition coefficient (Wildman–Crippen LogP) is 4.50. The van der Waals surface area contributed by atoms with Gasteiger partial charge in [-0.3, -0.25) is 0 Å². The largest absolute Gasteiger partial charge is 0.381 e. The average Bonchev–Trinajstić information content (AvgIpc) is 3.02. The summed E-state index contributed by atoms with van der Waals surface area (Å²) in [5.41, 5.74) is 1.46. The predicted molar refractivity (Wildman–Crippen MR) is 117 cm³/mol. The van der Waals surface area contributed by atoms with E-state index in [1.54, 1.807) is 0 Å². The van der Waals surface area contributed by atoms with E-state index in [1.807, 2.05) is 16.8 Å². The number of nitrogens with one attached hydrogen (secondary N) is 1. The minimum atomic E-state index is -3.36. The van der Waals surface area contributed by atoms with Crippen LogP contribution in [-0.4, -0.2) is 44.9 Å². The Morgan fingerprint density at radius 1 is 1.25 bits per heavy atom. The minimum Gasteiger partial charge on any atom is -0.381 e. The summed E-state index contributed by atoms with van der Waals surface area (Å²) in [5.74, 6) is 0. The van der Waals surface area contributed by atoms with E-state index in [2.05, 4.69) is 29.9 Å². The van der Waals surface area contributed by atoms with Crippen LogP contribution in [0.5, 0.6) is 0 Å². The van der Waals surface area contributed by atoms with Crippen molar-refractivity contribution in [2.75, 3.05) is 18.2 Å². The smallest absolute Gasteiger partial charge is 0.179 e.